The molecule has 0 aromatic heterocycles. The van der Waals surface area contributed by atoms with Gasteiger partial charge in [0.1, 0.15) is 0 Å². The summed E-state index contributed by atoms with van der Waals surface area (Å²) in [7, 11) is 0. The maximum Gasteiger partial charge on any atom is 0.253 e. The van der Waals surface area contributed by atoms with Gasteiger partial charge >= 0.3 is 0 Å². The average Bonchev–Trinajstić information content (AvgIpc) is 1.98. The summed E-state index contributed by atoms with van der Waals surface area (Å²) in [6, 6.07) is 0. The number of carbonyl (C=O) groups is 2. The number of rotatable bonds is 0. The minimum Gasteiger partial charge on any atom is -0.279 e. The number of hydrogen-bond acceptors (Lipinski definition) is 3. The monoisotopic (exact) mass is 122 g/mol. The van der Waals surface area contributed by atoms with Crippen molar-refractivity contribution < 1.29 is 14.8 Å². The molecule has 1 heterocycles. The van der Waals surface area contributed by atoms with Crippen LogP contribution in [-0.2, 0) is 9.59 Å². The summed E-state index contributed by atoms with van der Waals surface area (Å²) in [6.07, 6.45) is 0.296. The molecule has 0 atom stereocenters. The van der Waals surface area contributed by atoms with Crippen molar-refractivity contribution in [3.05, 3.63) is 0 Å². The first-order valence-electron chi connectivity index (χ1n) is 2.26. The van der Waals surface area contributed by atoms with Gasteiger partial charge in [-0.1, -0.05) is 0 Å². The van der Waals surface area contributed by atoms with Gasteiger partial charge in [-0.3, -0.25) is 14.8 Å². The summed E-state index contributed by atoms with van der Waals surface area (Å²) < 4.78 is 0. The van der Waals surface area contributed by atoms with E-state index >= 15 is 0 Å². The van der Waals surface area contributed by atoms with Crippen molar-refractivity contribution >= 4 is 30.7 Å². The van der Waals surface area contributed by atoms with Crippen LogP contribution in [0.2, 0.25) is 0 Å². The summed E-state index contributed by atoms with van der Waals surface area (Å²) in [5.74, 6) is -1.01. The zero-order valence-corrected chi connectivity index (χ0v) is 5.13. The van der Waals surface area contributed by atoms with Gasteiger partial charge in [0.25, 0.3) is 11.8 Å². The van der Waals surface area contributed by atoms with Crippen molar-refractivity contribution in [2.45, 2.75) is 12.8 Å². The molecule has 0 saturated carbocycles. The van der Waals surface area contributed by atoms with Crippen LogP contribution >= 0.6 is 0 Å². The topological polar surface area (TPSA) is 57.6 Å². The third kappa shape index (κ3) is 1.55. The predicted octanol–water partition coefficient (Wildman–Crippen LogP) is -0.856. The van der Waals surface area contributed by atoms with Crippen molar-refractivity contribution in [2.75, 3.05) is 0 Å². The minimum absolute atomic E-state index is 0. The van der Waals surface area contributed by atoms with Crippen LogP contribution in [0.15, 0.2) is 0 Å². The Hall–Kier alpha value is -0.303. The second-order valence-corrected chi connectivity index (χ2v) is 1.60. The fourth-order valence-corrected chi connectivity index (χ4v) is 0.565. The average molecular weight is 122 g/mol. The van der Waals surface area contributed by atoms with Crippen molar-refractivity contribution in [3.8, 4) is 0 Å². The molecule has 0 spiro atoms. The van der Waals surface area contributed by atoms with E-state index < -0.39 is 11.8 Å². The van der Waals surface area contributed by atoms with Crippen LogP contribution in [0.1, 0.15) is 12.8 Å². The fraction of sp³-hybridized carbons (Fsp3) is 0.500. The summed E-state index contributed by atoms with van der Waals surface area (Å²) >= 11 is 0. The second kappa shape index (κ2) is 3.02. The smallest absolute Gasteiger partial charge is 0.253 e. The van der Waals surface area contributed by atoms with Gasteiger partial charge in [0.15, 0.2) is 0 Å². The Morgan fingerprint density at radius 3 is 1.67 bits per heavy atom. The zero-order chi connectivity index (χ0) is 6.15. The normalized spacial score (nSPS) is 18.1. The van der Waals surface area contributed by atoms with E-state index in [1.54, 1.807) is 0 Å². The Bertz CT molecular complexity index is 131. The first kappa shape index (κ1) is 8.70. The van der Waals surface area contributed by atoms with E-state index in [1.807, 2.05) is 0 Å². The van der Waals surface area contributed by atoms with Crippen LogP contribution in [0, 0.1) is 0 Å². The van der Waals surface area contributed by atoms with E-state index in [-0.39, 0.29) is 36.8 Å². The van der Waals surface area contributed by atoms with Crippen LogP contribution in [0.5, 0.6) is 0 Å². The van der Waals surface area contributed by atoms with Gasteiger partial charge in [-0.25, -0.2) is 0 Å². The van der Waals surface area contributed by atoms with Crippen LogP contribution in [0.3, 0.4) is 0 Å². The molecule has 0 aliphatic carbocycles. The SMILES string of the molecule is O=C1CCC(=O)N1O.[Li]. The first-order chi connectivity index (χ1) is 3.72. The molecule has 2 amide bonds. The molecule has 9 heavy (non-hydrogen) atoms. The number of carbonyl (C=O) groups excluding carboxylic acids is 2. The van der Waals surface area contributed by atoms with E-state index in [2.05, 4.69) is 0 Å². The standard InChI is InChI=1S/C4H5NO3.Li/c6-3-1-2-4(7)5(3)8;/h8H,1-2H2;. The molecule has 0 aromatic rings. The molecule has 0 aromatic carbocycles. The maximum atomic E-state index is 10.2. The number of amides is 2. The molecular weight excluding hydrogens is 117 g/mol. The van der Waals surface area contributed by atoms with Crippen LogP contribution in [0.4, 0.5) is 0 Å². The van der Waals surface area contributed by atoms with Gasteiger partial charge < -0.3 is 0 Å². The molecule has 1 N–H and O–H groups in total. The molecule has 0 unspecified atom stereocenters. The molecule has 5 heteroatoms. The zero-order valence-electron chi connectivity index (χ0n) is 5.13. The maximum absolute atomic E-state index is 10.2. The van der Waals surface area contributed by atoms with Gasteiger partial charge in [-0.15, -0.1) is 0 Å². The molecule has 1 aliphatic rings. The molecular formula is C4H5LiNO3. The van der Waals surface area contributed by atoms with Gasteiger partial charge in [0, 0.05) is 31.7 Å². The number of hydrogen-bond donors (Lipinski definition) is 1. The molecule has 0 bridgehead atoms. The van der Waals surface area contributed by atoms with Crippen molar-refractivity contribution in [1.29, 1.82) is 0 Å². The van der Waals surface area contributed by atoms with Gasteiger partial charge in [-0.2, -0.15) is 5.06 Å². The third-order valence-electron chi connectivity index (χ3n) is 1.03. The first-order valence-corrected chi connectivity index (χ1v) is 2.26. The number of imide groups is 1. The quantitative estimate of drug-likeness (QED) is 0.258. The van der Waals surface area contributed by atoms with E-state index in [0.29, 0.717) is 0 Å². The fourth-order valence-electron chi connectivity index (χ4n) is 0.565. The van der Waals surface area contributed by atoms with Crippen molar-refractivity contribution in [1.82, 2.24) is 5.06 Å². The van der Waals surface area contributed by atoms with E-state index in [9.17, 15) is 9.59 Å². The summed E-state index contributed by atoms with van der Waals surface area (Å²) in [6.45, 7) is 0. The Balaban J connectivity index is 0.000000640. The van der Waals surface area contributed by atoms with Gasteiger partial charge in [0.05, 0.1) is 0 Å². The molecule has 1 rings (SSSR count). The van der Waals surface area contributed by atoms with Crippen LogP contribution in [0.25, 0.3) is 0 Å². The van der Waals surface area contributed by atoms with Crippen molar-refractivity contribution in [2.24, 2.45) is 0 Å². The van der Waals surface area contributed by atoms with E-state index in [4.69, 9.17) is 5.21 Å². The summed E-state index contributed by atoms with van der Waals surface area (Å²) in [5, 5.41) is 8.57. The molecule has 1 fully saturated rings. The predicted molar refractivity (Wildman–Crippen MR) is 28.6 cm³/mol. The minimum atomic E-state index is -0.505. The van der Waals surface area contributed by atoms with E-state index in [1.165, 1.54) is 0 Å². The van der Waals surface area contributed by atoms with Gasteiger partial charge in [-0.05, 0) is 0 Å². The van der Waals surface area contributed by atoms with E-state index in [0.717, 1.165) is 0 Å². The summed E-state index contributed by atoms with van der Waals surface area (Å²) in [5.41, 5.74) is 0. The molecule has 4 nitrogen and oxygen atoms in total. The largest absolute Gasteiger partial charge is 0.279 e. The second-order valence-electron chi connectivity index (χ2n) is 1.60. The molecule has 45 valence electrons. The number of nitrogens with zero attached hydrogens (tertiary/aromatic N) is 1. The Morgan fingerprint density at radius 2 is 1.56 bits per heavy atom. The van der Waals surface area contributed by atoms with Crippen molar-refractivity contribution in [3.63, 3.8) is 0 Å². The summed E-state index contributed by atoms with van der Waals surface area (Å²) in [4.78, 5) is 20.5. The third-order valence-corrected chi connectivity index (χ3v) is 1.03. The molecule has 1 aliphatic heterocycles. The van der Waals surface area contributed by atoms with Gasteiger partial charge in [0.2, 0.25) is 0 Å². The number of hydroxylamine groups is 2. The Morgan fingerprint density at radius 1 is 1.22 bits per heavy atom. The molecule has 1 radical (unpaired) electrons. The molecule has 1 saturated heterocycles. The Kier molecular flexibility index (Phi) is 2.92. The van der Waals surface area contributed by atoms with Crippen LogP contribution in [-0.4, -0.2) is 40.9 Å². The van der Waals surface area contributed by atoms with Crippen LogP contribution < -0.4 is 0 Å². The Labute approximate surface area is 64.0 Å².